The van der Waals surface area contributed by atoms with Crippen LogP contribution in [0.4, 0.5) is 0 Å². The summed E-state index contributed by atoms with van der Waals surface area (Å²) in [6.07, 6.45) is 8.17. The van der Waals surface area contributed by atoms with E-state index < -0.39 is 0 Å². The third-order valence-electron chi connectivity index (χ3n) is 3.36. The van der Waals surface area contributed by atoms with Gasteiger partial charge in [-0.25, -0.2) is 0 Å². The maximum absolute atomic E-state index is 5.29. The van der Waals surface area contributed by atoms with Gasteiger partial charge in [-0.05, 0) is 57.6 Å². The molecule has 1 aromatic rings. The topological polar surface area (TPSA) is 28.4 Å². The fourth-order valence-electron chi connectivity index (χ4n) is 2.15. The lowest BCUT2D eigenvalue weighted by Crippen LogP contribution is -2.29. The normalized spacial score (nSPS) is 10.2. The number of hydrogen-bond acceptors (Lipinski definition) is 3. The molecule has 0 aliphatic rings. The molecule has 0 amide bonds. The molecule has 0 saturated carbocycles. The Balaban J connectivity index is 0. The van der Waals surface area contributed by atoms with Crippen molar-refractivity contribution in [1.82, 2.24) is 10.2 Å². The van der Waals surface area contributed by atoms with E-state index in [1.165, 1.54) is 51.7 Å². The Morgan fingerprint density at radius 3 is 2.14 bits per heavy atom. The lowest BCUT2D eigenvalue weighted by Gasteiger charge is -2.21. The molecule has 126 valence electrons. The van der Waals surface area contributed by atoms with Gasteiger partial charge in [-0.1, -0.05) is 26.7 Å². The first-order valence-electron chi connectivity index (χ1n) is 7.82. The fraction of sp³-hybridized carbons (Fsp3) is 0.750. The Hall–Kier alpha value is -0.220. The summed E-state index contributed by atoms with van der Waals surface area (Å²) in [4.78, 5) is 2.61. The van der Waals surface area contributed by atoms with Gasteiger partial charge in [0.05, 0.1) is 12.8 Å². The average molecular weight is 339 g/mol. The van der Waals surface area contributed by atoms with Crippen LogP contribution in [-0.4, -0.2) is 31.1 Å². The third-order valence-corrected chi connectivity index (χ3v) is 3.36. The van der Waals surface area contributed by atoms with E-state index in [-0.39, 0.29) is 24.8 Å². The summed E-state index contributed by atoms with van der Waals surface area (Å²) in [5.41, 5.74) is 0. The minimum atomic E-state index is 0. The number of halogens is 2. The Morgan fingerprint density at radius 1 is 1.00 bits per heavy atom. The van der Waals surface area contributed by atoms with Gasteiger partial charge in [0, 0.05) is 0 Å². The number of rotatable bonds is 12. The van der Waals surface area contributed by atoms with Crippen LogP contribution >= 0.6 is 24.8 Å². The Bertz CT molecular complexity index is 286. The molecule has 0 aliphatic carbocycles. The predicted octanol–water partition coefficient (Wildman–Crippen LogP) is 4.51. The maximum atomic E-state index is 5.29. The number of hydrogen-bond donors (Lipinski definition) is 1. The van der Waals surface area contributed by atoms with Gasteiger partial charge in [0.15, 0.2) is 0 Å². The van der Waals surface area contributed by atoms with Gasteiger partial charge in [-0.15, -0.1) is 24.8 Å². The van der Waals surface area contributed by atoms with Crippen LogP contribution < -0.4 is 5.32 Å². The first kappa shape index (κ1) is 23.1. The van der Waals surface area contributed by atoms with Crippen molar-refractivity contribution in [1.29, 1.82) is 0 Å². The molecule has 0 bridgehead atoms. The van der Waals surface area contributed by atoms with Crippen molar-refractivity contribution >= 4 is 24.8 Å². The van der Waals surface area contributed by atoms with Crippen LogP contribution in [0.1, 0.15) is 51.7 Å². The minimum Gasteiger partial charge on any atom is -0.468 e. The van der Waals surface area contributed by atoms with Gasteiger partial charge in [-0.2, -0.15) is 0 Å². The fourth-order valence-corrected chi connectivity index (χ4v) is 2.15. The van der Waals surface area contributed by atoms with E-state index in [1.807, 2.05) is 12.1 Å². The van der Waals surface area contributed by atoms with Crippen molar-refractivity contribution in [2.45, 2.75) is 52.5 Å². The summed E-state index contributed by atoms with van der Waals surface area (Å²) < 4.78 is 5.29. The maximum Gasteiger partial charge on any atom is 0.117 e. The zero-order valence-electron chi connectivity index (χ0n) is 13.5. The van der Waals surface area contributed by atoms with Crippen LogP contribution in [0.15, 0.2) is 22.8 Å². The Morgan fingerprint density at radius 2 is 1.62 bits per heavy atom. The Kier molecular flexibility index (Phi) is 17.7. The van der Waals surface area contributed by atoms with E-state index in [9.17, 15) is 0 Å². The molecule has 21 heavy (non-hydrogen) atoms. The van der Waals surface area contributed by atoms with Crippen molar-refractivity contribution in [2.75, 3.05) is 26.2 Å². The largest absolute Gasteiger partial charge is 0.468 e. The molecule has 0 aromatic carbocycles. The second-order valence-electron chi connectivity index (χ2n) is 5.16. The summed E-state index contributed by atoms with van der Waals surface area (Å²) in [7, 11) is 0. The van der Waals surface area contributed by atoms with E-state index >= 15 is 0 Å². The molecule has 1 N–H and O–H groups in total. The van der Waals surface area contributed by atoms with Crippen molar-refractivity contribution in [3.8, 4) is 0 Å². The van der Waals surface area contributed by atoms with Gasteiger partial charge in [-0.3, -0.25) is 0 Å². The highest BCUT2D eigenvalue weighted by Gasteiger charge is 2.03. The molecule has 1 rings (SSSR count). The lowest BCUT2D eigenvalue weighted by atomic mass is 10.2. The molecule has 3 nitrogen and oxygen atoms in total. The molecular formula is C16H32Cl2N2O. The summed E-state index contributed by atoms with van der Waals surface area (Å²) in [6, 6.07) is 3.95. The summed E-state index contributed by atoms with van der Waals surface area (Å²) >= 11 is 0. The number of nitrogens with zero attached hydrogens (tertiary/aromatic N) is 1. The molecule has 0 fully saturated rings. The summed E-state index contributed by atoms with van der Waals surface area (Å²) in [6.45, 7) is 10.2. The van der Waals surface area contributed by atoms with Gasteiger partial charge in [0.1, 0.15) is 5.76 Å². The van der Waals surface area contributed by atoms with E-state index in [4.69, 9.17) is 4.42 Å². The van der Waals surface area contributed by atoms with E-state index in [0.717, 1.165) is 18.8 Å². The third kappa shape index (κ3) is 12.0. The standard InChI is InChI=1S/C16H30N2O.2ClH/c1-3-5-11-18(12-6-4-2)13-8-10-17-15-16-9-7-14-19-16;;/h7,9,14,17H,3-6,8,10-13,15H2,1-2H3;2*1H. The molecule has 1 heterocycles. The van der Waals surface area contributed by atoms with Crippen molar-refractivity contribution in [3.63, 3.8) is 0 Å². The van der Waals surface area contributed by atoms with Gasteiger partial charge in [0.25, 0.3) is 0 Å². The summed E-state index contributed by atoms with van der Waals surface area (Å²) in [5, 5.41) is 3.43. The van der Waals surface area contributed by atoms with Gasteiger partial charge in [0.2, 0.25) is 0 Å². The molecule has 0 atom stereocenters. The van der Waals surface area contributed by atoms with Crippen LogP contribution in [0.5, 0.6) is 0 Å². The molecule has 5 heteroatoms. The molecule has 0 aliphatic heterocycles. The van der Waals surface area contributed by atoms with Crippen molar-refractivity contribution in [2.24, 2.45) is 0 Å². The minimum absolute atomic E-state index is 0. The number of unbranched alkanes of at least 4 members (excludes halogenated alkanes) is 2. The highest BCUT2D eigenvalue weighted by molar-refractivity contribution is 5.85. The molecule has 0 unspecified atom stereocenters. The van der Waals surface area contributed by atoms with Gasteiger partial charge >= 0.3 is 0 Å². The lowest BCUT2D eigenvalue weighted by molar-refractivity contribution is 0.260. The second-order valence-corrected chi connectivity index (χ2v) is 5.16. The van der Waals surface area contributed by atoms with E-state index in [0.29, 0.717) is 0 Å². The zero-order chi connectivity index (χ0) is 13.8. The highest BCUT2D eigenvalue weighted by Crippen LogP contribution is 2.01. The SMILES string of the molecule is CCCCN(CCCC)CCCNCc1ccco1.Cl.Cl. The van der Waals surface area contributed by atoms with Crippen LogP contribution in [-0.2, 0) is 6.54 Å². The monoisotopic (exact) mass is 338 g/mol. The first-order valence-corrected chi connectivity index (χ1v) is 7.82. The van der Waals surface area contributed by atoms with Crippen LogP contribution in [0.25, 0.3) is 0 Å². The molecular weight excluding hydrogens is 307 g/mol. The average Bonchev–Trinajstić information content (AvgIpc) is 2.93. The smallest absolute Gasteiger partial charge is 0.117 e. The second kappa shape index (κ2) is 16.2. The molecule has 1 aromatic heterocycles. The van der Waals surface area contributed by atoms with Crippen molar-refractivity contribution in [3.05, 3.63) is 24.2 Å². The first-order chi connectivity index (χ1) is 9.36. The van der Waals surface area contributed by atoms with Crippen LogP contribution in [0.2, 0.25) is 0 Å². The number of furan rings is 1. The van der Waals surface area contributed by atoms with E-state index in [1.54, 1.807) is 6.26 Å². The van der Waals surface area contributed by atoms with Crippen LogP contribution in [0, 0.1) is 0 Å². The summed E-state index contributed by atoms with van der Waals surface area (Å²) in [5.74, 6) is 1.02. The molecule has 0 saturated heterocycles. The highest BCUT2D eigenvalue weighted by atomic mass is 35.5. The molecule has 0 spiro atoms. The quantitative estimate of drug-likeness (QED) is 0.568. The van der Waals surface area contributed by atoms with Crippen LogP contribution in [0.3, 0.4) is 0 Å². The number of nitrogens with one attached hydrogen (secondary N) is 1. The van der Waals surface area contributed by atoms with Crippen molar-refractivity contribution < 1.29 is 4.42 Å². The Labute approximate surface area is 142 Å². The zero-order valence-corrected chi connectivity index (χ0v) is 15.1. The predicted molar refractivity (Wildman–Crippen MR) is 95.8 cm³/mol. The van der Waals surface area contributed by atoms with E-state index in [2.05, 4.69) is 24.1 Å². The van der Waals surface area contributed by atoms with Gasteiger partial charge < -0.3 is 14.6 Å². The molecule has 0 radical (unpaired) electrons.